The summed E-state index contributed by atoms with van der Waals surface area (Å²) in [6, 6.07) is 6.89. The first kappa shape index (κ1) is 24.9. The van der Waals surface area contributed by atoms with Gasteiger partial charge in [0.05, 0.1) is 42.9 Å². The van der Waals surface area contributed by atoms with Crippen molar-refractivity contribution in [2.24, 2.45) is 5.10 Å². The Kier molecular flexibility index (Phi) is 8.38. The van der Waals surface area contributed by atoms with Gasteiger partial charge in [0.25, 0.3) is 5.69 Å². The Labute approximate surface area is 186 Å². The fraction of sp³-hybridized carbons (Fsp3) is 0.350. The fourth-order valence-electron chi connectivity index (χ4n) is 2.96. The Morgan fingerprint density at radius 2 is 1.66 bits per heavy atom. The van der Waals surface area contributed by atoms with Crippen molar-refractivity contribution in [3.8, 4) is 17.2 Å². The predicted molar refractivity (Wildman–Crippen MR) is 121 cm³/mol. The summed E-state index contributed by atoms with van der Waals surface area (Å²) in [6.07, 6.45) is 1.38. The van der Waals surface area contributed by atoms with Gasteiger partial charge in [0.15, 0.2) is 0 Å². The number of nitrogens with zero attached hydrogens (tertiary/aromatic N) is 3. The molecule has 0 bridgehead atoms. The smallest absolute Gasteiger partial charge is 0.295 e. The van der Waals surface area contributed by atoms with Gasteiger partial charge in [0.2, 0.25) is 10.0 Å². The van der Waals surface area contributed by atoms with Crippen molar-refractivity contribution >= 4 is 27.6 Å². The second-order valence-electron chi connectivity index (χ2n) is 6.34. The van der Waals surface area contributed by atoms with E-state index in [4.69, 9.17) is 14.2 Å². The maximum Gasteiger partial charge on any atom is 0.295 e. The van der Waals surface area contributed by atoms with Crippen molar-refractivity contribution in [1.82, 2.24) is 4.31 Å². The number of hydrogen-bond acceptors (Lipinski definition) is 9. The molecule has 0 aliphatic carbocycles. The molecule has 0 saturated carbocycles. The van der Waals surface area contributed by atoms with Gasteiger partial charge in [0, 0.05) is 31.3 Å². The zero-order valence-corrected chi connectivity index (χ0v) is 19.3. The number of rotatable bonds is 11. The lowest BCUT2D eigenvalue weighted by Gasteiger charge is -2.18. The van der Waals surface area contributed by atoms with E-state index >= 15 is 0 Å². The van der Waals surface area contributed by atoms with Crippen LogP contribution in [0.2, 0.25) is 0 Å². The van der Waals surface area contributed by atoms with Crippen LogP contribution in [0.1, 0.15) is 19.4 Å². The molecule has 0 atom stereocenters. The molecule has 2 aromatic carbocycles. The van der Waals surface area contributed by atoms with Crippen LogP contribution in [-0.4, -0.2) is 58.3 Å². The quantitative estimate of drug-likeness (QED) is 0.303. The third kappa shape index (κ3) is 5.26. The molecule has 12 heteroatoms. The fourth-order valence-corrected chi connectivity index (χ4v) is 4.43. The monoisotopic (exact) mass is 466 g/mol. The van der Waals surface area contributed by atoms with Crippen LogP contribution in [0.5, 0.6) is 17.2 Å². The third-order valence-electron chi connectivity index (χ3n) is 4.64. The van der Waals surface area contributed by atoms with Crippen LogP contribution >= 0.6 is 0 Å². The molecule has 0 radical (unpaired) electrons. The van der Waals surface area contributed by atoms with E-state index in [2.05, 4.69) is 10.5 Å². The third-order valence-corrected chi connectivity index (χ3v) is 6.69. The van der Waals surface area contributed by atoms with E-state index in [0.29, 0.717) is 22.8 Å². The minimum absolute atomic E-state index is 0.0243. The zero-order valence-electron chi connectivity index (χ0n) is 18.5. The molecule has 0 unspecified atom stereocenters. The van der Waals surface area contributed by atoms with Gasteiger partial charge in [-0.25, -0.2) is 8.42 Å². The molecular formula is C20H26N4O7S. The summed E-state index contributed by atoms with van der Waals surface area (Å²) >= 11 is 0. The topological polar surface area (TPSA) is 133 Å². The molecule has 0 heterocycles. The lowest BCUT2D eigenvalue weighted by Crippen LogP contribution is -2.30. The van der Waals surface area contributed by atoms with Crippen molar-refractivity contribution in [2.75, 3.05) is 39.8 Å². The number of sulfonamides is 1. The molecule has 0 fully saturated rings. The highest BCUT2D eigenvalue weighted by Gasteiger charge is 2.25. The van der Waals surface area contributed by atoms with Gasteiger partial charge >= 0.3 is 0 Å². The van der Waals surface area contributed by atoms with E-state index < -0.39 is 20.6 Å². The van der Waals surface area contributed by atoms with Crippen LogP contribution in [-0.2, 0) is 10.0 Å². The van der Waals surface area contributed by atoms with E-state index in [-0.39, 0.29) is 23.7 Å². The van der Waals surface area contributed by atoms with Gasteiger partial charge < -0.3 is 14.2 Å². The van der Waals surface area contributed by atoms with Crippen molar-refractivity contribution in [1.29, 1.82) is 0 Å². The Bertz CT molecular complexity index is 1070. The number of benzene rings is 2. The summed E-state index contributed by atoms with van der Waals surface area (Å²) in [5, 5.41) is 15.6. The number of ether oxygens (including phenoxy) is 3. The van der Waals surface area contributed by atoms with Gasteiger partial charge in [0.1, 0.15) is 22.9 Å². The number of hydrogen-bond donors (Lipinski definition) is 1. The van der Waals surface area contributed by atoms with Crippen molar-refractivity contribution in [2.45, 2.75) is 18.7 Å². The maximum atomic E-state index is 12.7. The number of anilines is 1. The van der Waals surface area contributed by atoms with Crippen molar-refractivity contribution in [3.63, 3.8) is 0 Å². The molecule has 174 valence electrons. The molecule has 2 rings (SSSR count). The SMILES string of the molecule is CCN(CC)S(=O)(=O)c1ccc(N/N=C/c2c(OC)cc(OC)cc2OC)c([N+](=O)[O-])c1. The number of nitro groups is 1. The Morgan fingerprint density at radius 3 is 2.12 bits per heavy atom. The highest BCUT2D eigenvalue weighted by atomic mass is 32.2. The summed E-state index contributed by atoms with van der Waals surface area (Å²) in [6.45, 7) is 3.90. The normalized spacial score (nSPS) is 11.6. The Morgan fingerprint density at radius 1 is 1.06 bits per heavy atom. The summed E-state index contributed by atoms with van der Waals surface area (Å²) in [5.74, 6) is 1.35. The van der Waals surface area contributed by atoms with Crippen molar-refractivity contribution < 1.29 is 27.6 Å². The number of nitro benzene ring substituents is 1. The minimum Gasteiger partial charge on any atom is -0.496 e. The largest absolute Gasteiger partial charge is 0.496 e. The predicted octanol–water partition coefficient (Wildman–Crippen LogP) is 3.10. The van der Waals surface area contributed by atoms with Crippen LogP contribution in [0, 0.1) is 10.1 Å². The molecule has 0 aromatic heterocycles. The van der Waals surface area contributed by atoms with Crippen LogP contribution in [0.4, 0.5) is 11.4 Å². The average molecular weight is 467 g/mol. The van der Waals surface area contributed by atoms with Crippen LogP contribution < -0.4 is 19.6 Å². The molecular weight excluding hydrogens is 440 g/mol. The highest BCUT2D eigenvalue weighted by molar-refractivity contribution is 7.89. The first-order valence-corrected chi connectivity index (χ1v) is 11.0. The second-order valence-corrected chi connectivity index (χ2v) is 8.28. The molecule has 0 aliphatic heterocycles. The second kappa shape index (κ2) is 10.8. The molecule has 0 aliphatic rings. The molecule has 1 N–H and O–H groups in total. The van der Waals surface area contributed by atoms with E-state index in [1.807, 2.05) is 0 Å². The summed E-state index contributed by atoms with van der Waals surface area (Å²) in [5.41, 5.74) is 2.66. The summed E-state index contributed by atoms with van der Waals surface area (Å²) in [4.78, 5) is 10.7. The van der Waals surface area contributed by atoms with Gasteiger partial charge in [-0.1, -0.05) is 13.8 Å². The lowest BCUT2D eigenvalue weighted by molar-refractivity contribution is -0.384. The van der Waals surface area contributed by atoms with E-state index in [1.165, 1.54) is 44.0 Å². The standard InChI is InChI=1S/C20H26N4O7S/c1-6-23(7-2)32(27,28)15-8-9-17(18(12-15)24(25)26)22-21-13-16-19(30-4)10-14(29-3)11-20(16)31-5/h8-13,22H,6-7H2,1-5H3/b21-13+. The van der Waals surface area contributed by atoms with Crippen LogP contribution in [0.15, 0.2) is 40.3 Å². The Hall–Kier alpha value is -3.38. The zero-order chi connectivity index (χ0) is 23.9. The summed E-state index contributed by atoms with van der Waals surface area (Å²) in [7, 11) is 0.605. The maximum absolute atomic E-state index is 12.7. The number of nitrogens with one attached hydrogen (secondary N) is 1. The number of hydrazone groups is 1. The van der Waals surface area contributed by atoms with Gasteiger partial charge in [-0.2, -0.15) is 9.41 Å². The number of methoxy groups -OCH3 is 3. The van der Waals surface area contributed by atoms with Gasteiger partial charge in [-0.15, -0.1) is 0 Å². The summed E-state index contributed by atoms with van der Waals surface area (Å²) < 4.78 is 42.5. The van der Waals surface area contributed by atoms with E-state index in [0.717, 1.165) is 6.07 Å². The molecule has 32 heavy (non-hydrogen) atoms. The van der Waals surface area contributed by atoms with E-state index in [9.17, 15) is 18.5 Å². The Balaban J connectivity index is 2.41. The molecule has 0 spiro atoms. The van der Waals surface area contributed by atoms with Gasteiger partial charge in [-0.05, 0) is 12.1 Å². The molecule has 11 nitrogen and oxygen atoms in total. The van der Waals surface area contributed by atoms with E-state index in [1.54, 1.807) is 26.0 Å². The lowest BCUT2D eigenvalue weighted by atomic mass is 10.2. The first-order valence-electron chi connectivity index (χ1n) is 9.61. The molecule has 2 aromatic rings. The first-order chi connectivity index (χ1) is 15.2. The average Bonchev–Trinajstić information content (AvgIpc) is 2.79. The van der Waals surface area contributed by atoms with Crippen LogP contribution in [0.3, 0.4) is 0 Å². The van der Waals surface area contributed by atoms with Crippen molar-refractivity contribution in [3.05, 3.63) is 46.0 Å². The minimum atomic E-state index is -3.84. The molecule has 0 saturated heterocycles. The van der Waals surface area contributed by atoms with Gasteiger partial charge in [-0.3, -0.25) is 15.5 Å². The molecule has 0 amide bonds. The highest BCUT2D eigenvalue weighted by Crippen LogP contribution is 2.33. The van der Waals surface area contributed by atoms with Crippen LogP contribution in [0.25, 0.3) is 0 Å².